The average molecular weight is 245 g/mol. The number of carboxylic acid groups (broad SMARTS) is 1. The minimum absolute atomic E-state index is 0.219. The molecule has 0 spiro atoms. The van der Waals surface area contributed by atoms with Crippen LogP contribution in [0.4, 0.5) is 11.4 Å². The van der Waals surface area contributed by atoms with Crippen molar-refractivity contribution >= 4 is 17.3 Å². The molecule has 0 bridgehead atoms. The lowest BCUT2D eigenvalue weighted by Gasteiger charge is -2.08. The summed E-state index contributed by atoms with van der Waals surface area (Å²) in [6.45, 7) is 1.75. The molecule has 1 aromatic carbocycles. The van der Waals surface area contributed by atoms with Gasteiger partial charge in [0.25, 0.3) is 0 Å². The van der Waals surface area contributed by atoms with Crippen LogP contribution in [0.25, 0.3) is 0 Å². The minimum Gasteiger partial charge on any atom is -0.478 e. The second-order valence-corrected chi connectivity index (χ2v) is 3.73. The zero-order valence-corrected chi connectivity index (χ0v) is 9.60. The highest BCUT2D eigenvalue weighted by atomic mass is 16.4. The molecule has 0 aliphatic carbocycles. The quantitative estimate of drug-likeness (QED) is 0.762. The molecular formula is C12H11N3O3. The molecule has 2 rings (SSSR count). The Morgan fingerprint density at radius 3 is 2.56 bits per heavy atom. The van der Waals surface area contributed by atoms with Crippen LogP contribution in [0.5, 0.6) is 0 Å². The first kappa shape index (κ1) is 11.8. The van der Waals surface area contributed by atoms with Gasteiger partial charge in [0.1, 0.15) is 0 Å². The summed E-state index contributed by atoms with van der Waals surface area (Å²) in [7, 11) is 0. The van der Waals surface area contributed by atoms with Gasteiger partial charge in [-0.05, 0) is 31.2 Å². The first-order valence-electron chi connectivity index (χ1n) is 5.22. The number of aromatic carboxylic acids is 1. The number of aromatic amines is 1. The maximum absolute atomic E-state index is 11.0. The maximum Gasteiger partial charge on any atom is 0.345 e. The molecular weight excluding hydrogens is 234 g/mol. The van der Waals surface area contributed by atoms with Crippen molar-refractivity contribution in [2.24, 2.45) is 0 Å². The van der Waals surface area contributed by atoms with E-state index in [1.54, 1.807) is 19.1 Å². The van der Waals surface area contributed by atoms with Gasteiger partial charge in [-0.15, -0.1) is 0 Å². The van der Waals surface area contributed by atoms with Gasteiger partial charge in [-0.25, -0.2) is 9.59 Å². The van der Waals surface area contributed by atoms with Gasteiger partial charge < -0.3 is 15.4 Å². The highest BCUT2D eigenvalue weighted by Gasteiger charge is 2.03. The second-order valence-electron chi connectivity index (χ2n) is 3.73. The molecule has 1 aromatic heterocycles. The molecule has 0 saturated carbocycles. The van der Waals surface area contributed by atoms with E-state index in [1.165, 1.54) is 18.3 Å². The van der Waals surface area contributed by atoms with E-state index >= 15 is 0 Å². The van der Waals surface area contributed by atoms with Crippen LogP contribution >= 0.6 is 0 Å². The Morgan fingerprint density at radius 1 is 1.33 bits per heavy atom. The zero-order chi connectivity index (χ0) is 13.1. The monoisotopic (exact) mass is 245 g/mol. The summed E-state index contributed by atoms with van der Waals surface area (Å²) >= 11 is 0. The van der Waals surface area contributed by atoms with Crippen molar-refractivity contribution in [1.82, 2.24) is 9.97 Å². The van der Waals surface area contributed by atoms with Crippen molar-refractivity contribution in [2.45, 2.75) is 6.92 Å². The highest BCUT2D eigenvalue weighted by molar-refractivity contribution is 5.88. The third-order valence-corrected chi connectivity index (χ3v) is 2.42. The molecule has 18 heavy (non-hydrogen) atoms. The number of rotatable bonds is 3. The number of carboxylic acids is 1. The van der Waals surface area contributed by atoms with E-state index in [0.717, 1.165) is 5.69 Å². The first-order chi connectivity index (χ1) is 8.56. The lowest BCUT2D eigenvalue weighted by molar-refractivity contribution is 0.0697. The molecule has 1 heterocycles. The summed E-state index contributed by atoms with van der Waals surface area (Å²) in [4.78, 5) is 27.8. The number of nitrogens with zero attached hydrogens (tertiary/aromatic N) is 1. The predicted octanol–water partition coefficient (Wildman–Crippen LogP) is 1.52. The lowest BCUT2D eigenvalue weighted by atomic mass is 10.2. The third-order valence-electron chi connectivity index (χ3n) is 2.42. The van der Waals surface area contributed by atoms with Crippen LogP contribution in [-0.4, -0.2) is 21.0 Å². The number of aryl methyl sites for hydroxylation is 1. The van der Waals surface area contributed by atoms with Crippen LogP contribution in [0.2, 0.25) is 0 Å². The third kappa shape index (κ3) is 2.54. The van der Waals surface area contributed by atoms with E-state index in [2.05, 4.69) is 15.3 Å². The van der Waals surface area contributed by atoms with E-state index in [-0.39, 0.29) is 5.56 Å². The maximum atomic E-state index is 11.0. The lowest BCUT2D eigenvalue weighted by Crippen LogP contribution is -2.12. The summed E-state index contributed by atoms with van der Waals surface area (Å²) in [6, 6.07) is 6.29. The number of carbonyl (C=O) groups is 1. The van der Waals surface area contributed by atoms with Gasteiger partial charge in [0, 0.05) is 11.4 Å². The van der Waals surface area contributed by atoms with Crippen LogP contribution in [0.3, 0.4) is 0 Å². The van der Waals surface area contributed by atoms with Crippen LogP contribution in [-0.2, 0) is 0 Å². The Morgan fingerprint density at radius 2 is 2.00 bits per heavy atom. The fraction of sp³-hybridized carbons (Fsp3) is 0.0833. The van der Waals surface area contributed by atoms with Gasteiger partial charge >= 0.3 is 11.7 Å². The van der Waals surface area contributed by atoms with E-state index < -0.39 is 11.7 Å². The minimum atomic E-state index is -0.969. The van der Waals surface area contributed by atoms with Crippen molar-refractivity contribution in [1.29, 1.82) is 0 Å². The van der Waals surface area contributed by atoms with Crippen LogP contribution in [0.15, 0.2) is 35.3 Å². The summed E-state index contributed by atoms with van der Waals surface area (Å²) in [5, 5.41) is 11.8. The standard InChI is InChI=1S/C12H11N3O3/c1-7-10(6-13-12(18)14-7)15-9-4-2-8(3-5-9)11(16)17/h2-6,15H,1H3,(H,16,17)(H,13,14,18). The molecule has 3 N–H and O–H groups in total. The molecule has 0 saturated heterocycles. The Labute approximate surface area is 102 Å². The van der Waals surface area contributed by atoms with E-state index in [0.29, 0.717) is 11.4 Å². The van der Waals surface area contributed by atoms with Crippen molar-refractivity contribution in [3.63, 3.8) is 0 Å². The smallest absolute Gasteiger partial charge is 0.345 e. The molecule has 2 aromatic rings. The van der Waals surface area contributed by atoms with Crippen molar-refractivity contribution < 1.29 is 9.90 Å². The number of nitrogens with one attached hydrogen (secondary N) is 2. The van der Waals surface area contributed by atoms with Gasteiger partial charge in [-0.1, -0.05) is 0 Å². The van der Waals surface area contributed by atoms with Gasteiger partial charge in [0.2, 0.25) is 0 Å². The van der Waals surface area contributed by atoms with Crippen LogP contribution in [0.1, 0.15) is 16.1 Å². The number of hydrogen-bond donors (Lipinski definition) is 3. The average Bonchev–Trinajstić information content (AvgIpc) is 2.33. The molecule has 6 nitrogen and oxygen atoms in total. The highest BCUT2D eigenvalue weighted by Crippen LogP contribution is 2.17. The van der Waals surface area contributed by atoms with E-state index in [1.807, 2.05) is 0 Å². The topological polar surface area (TPSA) is 95.1 Å². The van der Waals surface area contributed by atoms with E-state index in [4.69, 9.17) is 5.11 Å². The SMILES string of the molecule is Cc1[nH]c(=O)ncc1Nc1ccc(C(=O)O)cc1. The van der Waals surface area contributed by atoms with E-state index in [9.17, 15) is 9.59 Å². The summed E-state index contributed by atoms with van der Waals surface area (Å²) in [5.74, 6) is -0.969. The van der Waals surface area contributed by atoms with Gasteiger partial charge in [-0.2, -0.15) is 4.98 Å². The van der Waals surface area contributed by atoms with Crippen molar-refractivity contribution in [2.75, 3.05) is 5.32 Å². The molecule has 0 aliphatic heterocycles. The summed E-state index contributed by atoms with van der Waals surface area (Å²) in [5.41, 5.74) is 1.86. The Balaban J connectivity index is 2.23. The van der Waals surface area contributed by atoms with Crippen LogP contribution < -0.4 is 11.0 Å². The first-order valence-corrected chi connectivity index (χ1v) is 5.22. The van der Waals surface area contributed by atoms with Gasteiger partial charge in [-0.3, -0.25) is 0 Å². The summed E-state index contributed by atoms with van der Waals surface area (Å²) < 4.78 is 0. The number of aromatic nitrogens is 2. The fourth-order valence-corrected chi connectivity index (χ4v) is 1.46. The fourth-order valence-electron chi connectivity index (χ4n) is 1.46. The summed E-state index contributed by atoms with van der Waals surface area (Å²) in [6.07, 6.45) is 1.43. The largest absolute Gasteiger partial charge is 0.478 e. The molecule has 0 amide bonds. The number of anilines is 2. The second kappa shape index (κ2) is 4.70. The number of benzene rings is 1. The molecule has 0 fully saturated rings. The van der Waals surface area contributed by atoms with Crippen LogP contribution in [0, 0.1) is 6.92 Å². The molecule has 6 heteroatoms. The molecule has 92 valence electrons. The molecule has 0 atom stereocenters. The number of hydrogen-bond acceptors (Lipinski definition) is 4. The Kier molecular flexibility index (Phi) is 3.09. The molecule has 0 unspecified atom stereocenters. The Bertz CT molecular complexity index is 632. The Hall–Kier alpha value is -2.63. The van der Waals surface area contributed by atoms with Gasteiger partial charge in [0.05, 0.1) is 17.4 Å². The molecule has 0 aliphatic rings. The van der Waals surface area contributed by atoms with Crippen molar-refractivity contribution in [3.8, 4) is 0 Å². The number of H-pyrrole nitrogens is 1. The normalized spacial score (nSPS) is 10.1. The molecule has 0 radical (unpaired) electrons. The van der Waals surface area contributed by atoms with Crippen molar-refractivity contribution in [3.05, 3.63) is 52.2 Å². The predicted molar refractivity (Wildman–Crippen MR) is 66.3 cm³/mol. The van der Waals surface area contributed by atoms with Gasteiger partial charge in [0.15, 0.2) is 0 Å². The zero-order valence-electron chi connectivity index (χ0n) is 9.60.